The molecule has 0 radical (unpaired) electrons. The largest absolute Gasteiger partial charge is 0.464 e. The fourth-order valence-corrected chi connectivity index (χ4v) is 2.70. The standard InChI is InChI=1S/C18H26N2O3/c1-5-8-15-17(21)20(13(4)18(22)23-11-12(2)3)16-10-7-6-9-14(16)19-15/h6-7,9-10,12-13,15,19H,5,8,11H2,1-4H3. The van der Waals surface area contributed by atoms with Crippen molar-refractivity contribution in [3.05, 3.63) is 24.3 Å². The Morgan fingerprint density at radius 3 is 2.65 bits per heavy atom. The first-order chi connectivity index (χ1) is 11.0. The SMILES string of the molecule is CCCC1Nc2ccccc2N(C(C)C(=O)OCC(C)C)C1=O. The van der Waals surface area contributed by atoms with Crippen molar-refractivity contribution in [2.75, 3.05) is 16.8 Å². The molecule has 5 nitrogen and oxygen atoms in total. The number of carbonyl (C=O) groups excluding carboxylic acids is 2. The molecule has 0 saturated heterocycles. The average molecular weight is 318 g/mol. The zero-order valence-electron chi connectivity index (χ0n) is 14.3. The lowest BCUT2D eigenvalue weighted by Gasteiger charge is -2.37. The van der Waals surface area contributed by atoms with Crippen LogP contribution in [0.5, 0.6) is 0 Å². The molecule has 23 heavy (non-hydrogen) atoms. The van der Waals surface area contributed by atoms with Gasteiger partial charge >= 0.3 is 5.97 Å². The number of ether oxygens (including phenoxy) is 1. The molecular formula is C18H26N2O3. The summed E-state index contributed by atoms with van der Waals surface area (Å²) in [5.74, 6) is -0.163. The Morgan fingerprint density at radius 2 is 2.00 bits per heavy atom. The van der Waals surface area contributed by atoms with Gasteiger partial charge in [0, 0.05) is 0 Å². The molecule has 0 saturated carbocycles. The van der Waals surface area contributed by atoms with Crippen molar-refractivity contribution in [2.45, 2.75) is 52.6 Å². The summed E-state index contributed by atoms with van der Waals surface area (Å²) in [4.78, 5) is 26.7. The molecule has 1 N–H and O–H groups in total. The van der Waals surface area contributed by atoms with E-state index in [2.05, 4.69) is 5.32 Å². The number of benzene rings is 1. The molecule has 2 unspecified atom stereocenters. The molecule has 5 heteroatoms. The predicted octanol–water partition coefficient (Wildman–Crippen LogP) is 3.20. The second kappa shape index (κ2) is 7.49. The Labute approximate surface area is 138 Å². The molecule has 1 aromatic carbocycles. The van der Waals surface area contributed by atoms with Crippen LogP contribution in [0.2, 0.25) is 0 Å². The summed E-state index contributed by atoms with van der Waals surface area (Å²) in [6, 6.07) is 6.65. The van der Waals surface area contributed by atoms with Gasteiger partial charge in [0.05, 0.1) is 18.0 Å². The van der Waals surface area contributed by atoms with Gasteiger partial charge in [-0.2, -0.15) is 0 Å². The van der Waals surface area contributed by atoms with Gasteiger partial charge in [0.1, 0.15) is 12.1 Å². The molecule has 1 heterocycles. The number of esters is 1. The molecule has 0 aromatic heterocycles. The lowest BCUT2D eigenvalue weighted by Crippen LogP contribution is -2.53. The highest BCUT2D eigenvalue weighted by atomic mass is 16.5. The Balaban J connectivity index is 2.26. The first-order valence-electron chi connectivity index (χ1n) is 8.31. The topological polar surface area (TPSA) is 58.6 Å². The van der Waals surface area contributed by atoms with Gasteiger partial charge in [0.2, 0.25) is 5.91 Å². The molecule has 0 spiro atoms. The molecule has 0 aliphatic carbocycles. The Bertz CT molecular complexity index is 571. The number of hydrogen-bond acceptors (Lipinski definition) is 4. The number of fused-ring (bicyclic) bond motifs is 1. The van der Waals surface area contributed by atoms with Gasteiger partial charge in [-0.05, 0) is 31.4 Å². The van der Waals surface area contributed by atoms with Gasteiger partial charge in [-0.25, -0.2) is 4.79 Å². The van der Waals surface area contributed by atoms with Gasteiger partial charge in [-0.3, -0.25) is 9.69 Å². The average Bonchev–Trinajstić information content (AvgIpc) is 2.53. The van der Waals surface area contributed by atoms with Crippen LogP contribution >= 0.6 is 0 Å². The van der Waals surface area contributed by atoms with E-state index in [0.29, 0.717) is 6.61 Å². The van der Waals surface area contributed by atoms with Crippen LogP contribution in [-0.2, 0) is 14.3 Å². The maximum absolute atomic E-state index is 12.8. The van der Waals surface area contributed by atoms with Crippen LogP contribution in [-0.4, -0.2) is 30.6 Å². The second-order valence-corrected chi connectivity index (χ2v) is 6.41. The highest BCUT2D eigenvalue weighted by Gasteiger charge is 2.37. The van der Waals surface area contributed by atoms with E-state index >= 15 is 0 Å². The molecule has 126 valence electrons. The van der Waals surface area contributed by atoms with Crippen LogP contribution in [0, 0.1) is 5.92 Å². The van der Waals surface area contributed by atoms with Crippen molar-refractivity contribution in [1.82, 2.24) is 0 Å². The van der Waals surface area contributed by atoms with Gasteiger partial charge in [0.15, 0.2) is 0 Å². The fraction of sp³-hybridized carbons (Fsp3) is 0.556. The van der Waals surface area contributed by atoms with Crippen molar-refractivity contribution in [3.8, 4) is 0 Å². The number of amides is 1. The molecule has 1 aliphatic heterocycles. The monoisotopic (exact) mass is 318 g/mol. The minimum atomic E-state index is -0.635. The number of nitrogens with zero attached hydrogens (tertiary/aromatic N) is 1. The van der Waals surface area contributed by atoms with Gasteiger partial charge < -0.3 is 10.1 Å². The molecule has 1 aliphatic rings. The maximum atomic E-state index is 12.8. The zero-order valence-corrected chi connectivity index (χ0v) is 14.3. The third-order valence-corrected chi connectivity index (χ3v) is 3.89. The quantitative estimate of drug-likeness (QED) is 0.818. The molecule has 2 rings (SSSR count). The van der Waals surface area contributed by atoms with E-state index in [1.54, 1.807) is 11.8 Å². The van der Waals surface area contributed by atoms with Crippen LogP contribution < -0.4 is 10.2 Å². The number of hydrogen-bond donors (Lipinski definition) is 1. The minimum absolute atomic E-state index is 0.0699. The van der Waals surface area contributed by atoms with E-state index < -0.39 is 6.04 Å². The summed E-state index contributed by atoms with van der Waals surface area (Å²) >= 11 is 0. The van der Waals surface area contributed by atoms with E-state index in [-0.39, 0.29) is 23.8 Å². The van der Waals surface area contributed by atoms with Crippen LogP contribution in [0.25, 0.3) is 0 Å². The Morgan fingerprint density at radius 1 is 1.30 bits per heavy atom. The first-order valence-corrected chi connectivity index (χ1v) is 8.31. The molecule has 0 fully saturated rings. The zero-order chi connectivity index (χ0) is 17.0. The van der Waals surface area contributed by atoms with Crippen LogP contribution in [0.4, 0.5) is 11.4 Å². The fourth-order valence-electron chi connectivity index (χ4n) is 2.70. The van der Waals surface area contributed by atoms with Crippen LogP contribution in [0.15, 0.2) is 24.3 Å². The Hall–Kier alpha value is -2.04. The van der Waals surface area contributed by atoms with E-state index in [4.69, 9.17) is 4.74 Å². The maximum Gasteiger partial charge on any atom is 0.328 e. The third kappa shape index (κ3) is 3.84. The Kier molecular flexibility index (Phi) is 5.64. The minimum Gasteiger partial charge on any atom is -0.464 e. The van der Waals surface area contributed by atoms with E-state index in [1.165, 1.54) is 0 Å². The van der Waals surface area contributed by atoms with Crippen LogP contribution in [0.3, 0.4) is 0 Å². The summed E-state index contributed by atoms with van der Waals surface area (Å²) in [6.07, 6.45) is 1.63. The van der Waals surface area contributed by atoms with Crippen molar-refractivity contribution < 1.29 is 14.3 Å². The summed E-state index contributed by atoms with van der Waals surface area (Å²) < 4.78 is 5.32. The van der Waals surface area contributed by atoms with Crippen molar-refractivity contribution in [3.63, 3.8) is 0 Å². The molecule has 1 amide bonds. The van der Waals surface area contributed by atoms with Crippen molar-refractivity contribution in [2.24, 2.45) is 5.92 Å². The van der Waals surface area contributed by atoms with Crippen molar-refractivity contribution >= 4 is 23.3 Å². The lowest BCUT2D eigenvalue weighted by molar-refractivity contribution is -0.147. The number of anilines is 2. The first kappa shape index (κ1) is 17.3. The number of carbonyl (C=O) groups is 2. The van der Waals surface area contributed by atoms with Gasteiger partial charge in [-0.1, -0.05) is 39.3 Å². The molecule has 2 atom stereocenters. The highest BCUT2D eigenvalue weighted by molar-refractivity contribution is 6.08. The van der Waals surface area contributed by atoms with Gasteiger partial charge in [0.25, 0.3) is 0 Å². The van der Waals surface area contributed by atoms with Crippen molar-refractivity contribution in [1.29, 1.82) is 0 Å². The summed E-state index contributed by atoms with van der Waals surface area (Å²) in [5, 5.41) is 3.28. The second-order valence-electron chi connectivity index (χ2n) is 6.41. The van der Waals surface area contributed by atoms with E-state index in [0.717, 1.165) is 24.2 Å². The van der Waals surface area contributed by atoms with E-state index in [1.807, 2.05) is 45.0 Å². The summed E-state index contributed by atoms with van der Waals surface area (Å²) in [5.41, 5.74) is 1.62. The predicted molar refractivity (Wildman–Crippen MR) is 91.5 cm³/mol. The molecule has 1 aromatic rings. The number of nitrogens with one attached hydrogen (secondary N) is 1. The smallest absolute Gasteiger partial charge is 0.328 e. The lowest BCUT2D eigenvalue weighted by atomic mass is 10.0. The third-order valence-electron chi connectivity index (χ3n) is 3.89. The number of para-hydroxylation sites is 2. The molecule has 0 bridgehead atoms. The number of rotatable bonds is 6. The highest BCUT2D eigenvalue weighted by Crippen LogP contribution is 2.33. The normalized spacial score (nSPS) is 18.4. The summed E-state index contributed by atoms with van der Waals surface area (Å²) in [7, 11) is 0. The van der Waals surface area contributed by atoms with E-state index in [9.17, 15) is 9.59 Å². The van der Waals surface area contributed by atoms with Gasteiger partial charge in [-0.15, -0.1) is 0 Å². The summed E-state index contributed by atoms with van der Waals surface area (Å²) in [6.45, 7) is 8.11. The van der Waals surface area contributed by atoms with Crippen LogP contribution in [0.1, 0.15) is 40.5 Å². The molecular weight excluding hydrogens is 292 g/mol.